The summed E-state index contributed by atoms with van der Waals surface area (Å²) in [4.78, 5) is 6.78. The van der Waals surface area contributed by atoms with Gasteiger partial charge in [-0.15, -0.1) is 0 Å². The molecule has 0 bridgehead atoms. The van der Waals surface area contributed by atoms with Gasteiger partial charge in [-0.2, -0.15) is 0 Å². The molecule has 1 aromatic carbocycles. The van der Waals surface area contributed by atoms with Gasteiger partial charge in [0, 0.05) is 26.2 Å². The summed E-state index contributed by atoms with van der Waals surface area (Å²) in [6.45, 7) is 4.37. The third-order valence-electron chi connectivity index (χ3n) is 4.66. The fourth-order valence-electron chi connectivity index (χ4n) is 3.13. The van der Waals surface area contributed by atoms with Crippen molar-refractivity contribution in [3.8, 4) is 0 Å². The Kier molecular flexibility index (Phi) is 4.13. The number of hydrogen-bond donors (Lipinski definition) is 1. The number of likely N-dealkylation sites (tertiary alicyclic amines) is 1. The molecule has 3 rings (SSSR count). The zero-order valence-electron chi connectivity index (χ0n) is 12.8. The normalized spacial score (nSPS) is 28.8. The van der Waals surface area contributed by atoms with Gasteiger partial charge >= 0.3 is 0 Å². The average Bonchev–Trinajstić information content (AvgIpc) is 2.98. The summed E-state index contributed by atoms with van der Waals surface area (Å²) in [5, 5.41) is 3.55. The van der Waals surface area contributed by atoms with Crippen molar-refractivity contribution in [3.05, 3.63) is 35.6 Å². The maximum Gasteiger partial charge on any atom is 0.193 e. The Morgan fingerprint density at radius 2 is 2.10 bits per heavy atom. The summed E-state index contributed by atoms with van der Waals surface area (Å²) >= 11 is 0. The van der Waals surface area contributed by atoms with E-state index in [1.54, 1.807) is 12.1 Å². The molecule has 1 aliphatic carbocycles. The molecule has 3 nitrogen and oxygen atoms in total. The van der Waals surface area contributed by atoms with Crippen molar-refractivity contribution in [2.24, 2.45) is 16.8 Å². The van der Waals surface area contributed by atoms with Crippen molar-refractivity contribution in [2.45, 2.75) is 32.2 Å². The van der Waals surface area contributed by atoms with Gasteiger partial charge < -0.3 is 10.2 Å². The molecule has 0 aromatic heterocycles. The lowest BCUT2D eigenvalue weighted by Crippen LogP contribution is -2.41. The van der Waals surface area contributed by atoms with E-state index in [0.29, 0.717) is 12.0 Å². The van der Waals surface area contributed by atoms with Crippen LogP contribution in [0.25, 0.3) is 0 Å². The molecule has 21 heavy (non-hydrogen) atoms. The monoisotopic (exact) mass is 289 g/mol. The van der Waals surface area contributed by atoms with Crippen LogP contribution in [0.2, 0.25) is 0 Å². The van der Waals surface area contributed by atoms with Crippen molar-refractivity contribution in [2.75, 3.05) is 20.1 Å². The molecule has 2 fully saturated rings. The van der Waals surface area contributed by atoms with E-state index in [1.807, 2.05) is 19.2 Å². The third-order valence-corrected chi connectivity index (χ3v) is 4.66. The zero-order valence-corrected chi connectivity index (χ0v) is 12.8. The Bertz CT molecular complexity index is 511. The smallest absolute Gasteiger partial charge is 0.193 e. The van der Waals surface area contributed by atoms with Crippen LogP contribution in [0.1, 0.15) is 25.3 Å². The van der Waals surface area contributed by atoms with Crippen molar-refractivity contribution >= 4 is 5.96 Å². The number of aliphatic imine (C=N–C) groups is 1. The van der Waals surface area contributed by atoms with Gasteiger partial charge in [0.25, 0.3) is 0 Å². The highest BCUT2D eigenvalue weighted by Gasteiger charge is 2.35. The largest absolute Gasteiger partial charge is 0.353 e. The predicted molar refractivity (Wildman–Crippen MR) is 83.8 cm³/mol. The molecular weight excluding hydrogens is 265 g/mol. The Hall–Kier alpha value is -1.58. The Balaban J connectivity index is 1.53. The standard InChI is InChI=1S/C17H24FN3/c1-12-9-16(12)20-17(19-2)21-8-7-14(11-21)10-13-3-5-15(18)6-4-13/h3-6,12,14,16H,7-11H2,1-2H3,(H,19,20). The van der Waals surface area contributed by atoms with Crippen molar-refractivity contribution in [3.63, 3.8) is 0 Å². The summed E-state index contributed by atoms with van der Waals surface area (Å²) in [5.74, 6) is 2.30. The minimum atomic E-state index is -0.157. The van der Waals surface area contributed by atoms with Crippen LogP contribution in [0.4, 0.5) is 4.39 Å². The second kappa shape index (κ2) is 6.04. The van der Waals surface area contributed by atoms with E-state index in [1.165, 1.54) is 18.4 Å². The molecule has 3 unspecified atom stereocenters. The molecule has 3 atom stereocenters. The van der Waals surface area contributed by atoms with Gasteiger partial charge in [0.05, 0.1) is 0 Å². The molecule has 0 amide bonds. The van der Waals surface area contributed by atoms with Crippen LogP contribution in [0.15, 0.2) is 29.3 Å². The highest BCUT2D eigenvalue weighted by Crippen LogP contribution is 2.29. The van der Waals surface area contributed by atoms with Gasteiger partial charge in [0.1, 0.15) is 5.82 Å². The SMILES string of the molecule is CN=C(NC1CC1C)N1CCC(Cc2ccc(F)cc2)C1. The summed E-state index contributed by atoms with van der Waals surface area (Å²) in [6.07, 6.45) is 3.46. The van der Waals surface area contributed by atoms with Crippen LogP contribution >= 0.6 is 0 Å². The van der Waals surface area contributed by atoms with Gasteiger partial charge in [-0.3, -0.25) is 4.99 Å². The van der Waals surface area contributed by atoms with E-state index < -0.39 is 0 Å². The van der Waals surface area contributed by atoms with Gasteiger partial charge in [-0.25, -0.2) is 4.39 Å². The maximum absolute atomic E-state index is 12.9. The molecule has 1 saturated carbocycles. The first-order valence-electron chi connectivity index (χ1n) is 7.88. The second-order valence-corrected chi connectivity index (χ2v) is 6.44. The van der Waals surface area contributed by atoms with Crippen molar-refractivity contribution in [1.82, 2.24) is 10.2 Å². The van der Waals surface area contributed by atoms with Gasteiger partial charge in [0.2, 0.25) is 0 Å². The molecule has 2 aliphatic rings. The highest BCUT2D eigenvalue weighted by molar-refractivity contribution is 5.80. The predicted octanol–water partition coefficient (Wildman–Crippen LogP) is 2.67. The minimum Gasteiger partial charge on any atom is -0.353 e. The first-order chi connectivity index (χ1) is 10.2. The lowest BCUT2D eigenvalue weighted by molar-refractivity contribution is 0.458. The lowest BCUT2D eigenvalue weighted by Gasteiger charge is -2.22. The van der Waals surface area contributed by atoms with E-state index in [-0.39, 0.29) is 5.82 Å². The lowest BCUT2D eigenvalue weighted by atomic mass is 9.99. The van der Waals surface area contributed by atoms with Gasteiger partial charge in [0.15, 0.2) is 5.96 Å². The first kappa shape index (κ1) is 14.4. The fourth-order valence-corrected chi connectivity index (χ4v) is 3.13. The molecule has 1 heterocycles. The van der Waals surface area contributed by atoms with E-state index in [2.05, 4.69) is 22.1 Å². The van der Waals surface area contributed by atoms with Crippen LogP contribution in [-0.4, -0.2) is 37.0 Å². The van der Waals surface area contributed by atoms with Crippen LogP contribution in [-0.2, 0) is 6.42 Å². The fraction of sp³-hybridized carbons (Fsp3) is 0.588. The molecule has 114 valence electrons. The minimum absolute atomic E-state index is 0.157. The molecule has 4 heteroatoms. The molecule has 1 aliphatic heterocycles. The number of guanidine groups is 1. The summed E-state index contributed by atoms with van der Waals surface area (Å²) < 4.78 is 12.9. The Morgan fingerprint density at radius 1 is 1.38 bits per heavy atom. The quantitative estimate of drug-likeness (QED) is 0.684. The van der Waals surface area contributed by atoms with Crippen LogP contribution in [0.5, 0.6) is 0 Å². The van der Waals surface area contributed by atoms with E-state index in [4.69, 9.17) is 0 Å². The summed E-state index contributed by atoms with van der Waals surface area (Å²) in [5.41, 5.74) is 1.22. The average molecular weight is 289 g/mol. The molecule has 1 saturated heterocycles. The van der Waals surface area contributed by atoms with Crippen molar-refractivity contribution in [1.29, 1.82) is 0 Å². The Labute approximate surface area is 126 Å². The van der Waals surface area contributed by atoms with Crippen LogP contribution in [0, 0.1) is 17.7 Å². The maximum atomic E-state index is 12.9. The topological polar surface area (TPSA) is 27.6 Å². The molecule has 1 aromatic rings. The van der Waals surface area contributed by atoms with E-state index >= 15 is 0 Å². The molecular formula is C17H24FN3. The highest BCUT2D eigenvalue weighted by atomic mass is 19.1. The second-order valence-electron chi connectivity index (χ2n) is 6.44. The Morgan fingerprint density at radius 3 is 2.71 bits per heavy atom. The van der Waals surface area contributed by atoms with Crippen molar-refractivity contribution < 1.29 is 4.39 Å². The molecule has 1 N–H and O–H groups in total. The van der Waals surface area contributed by atoms with E-state index in [0.717, 1.165) is 31.4 Å². The van der Waals surface area contributed by atoms with Gasteiger partial charge in [-0.1, -0.05) is 19.1 Å². The van der Waals surface area contributed by atoms with Crippen LogP contribution in [0.3, 0.4) is 0 Å². The number of rotatable bonds is 3. The summed E-state index contributed by atoms with van der Waals surface area (Å²) in [7, 11) is 1.86. The van der Waals surface area contributed by atoms with E-state index in [9.17, 15) is 4.39 Å². The number of halogens is 1. The number of benzene rings is 1. The first-order valence-corrected chi connectivity index (χ1v) is 7.88. The molecule has 0 radical (unpaired) electrons. The van der Waals surface area contributed by atoms with Gasteiger partial charge in [-0.05, 0) is 48.8 Å². The third kappa shape index (κ3) is 3.55. The number of nitrogens with one attached hydrogen (secondary N) is 1. The number of hydrogen-bond acceptors (Lipinski definition) is 1. The molecule has 0 spiro atoms. The van der Waals surface area contributed by atoms with Crippen LogP contribution < -0.4 is 5.32 Å². The number of nitrogens with zero attached hydrogens (tertiary/aromatic N) is 2. The summed E-state index contributed by atoms with van der Waals surface area (Å²) in [6, 6.07) is 7.52. The zero-order chi connectivity index (χ0) is 14.8.